The zero-order chi connectivity index (χ0) is 24.0. The summed E-state index contributed by atoms with van der Waals surface area (Å²) in [5.41, 5.74) is 3.12. The molecule has 5 nitrogen and oxygen atoms in total. The second kappa shape index (κ2) is 8.90. The van der Waals surface area contributed by atoms with Crippen LogP contribution in [0.25, 0.3) is 11.3 Å². The van der Waals surface area contributed by atoms with Gasteiger partial charge in [-0.05, 0) is 44.2 Å². The monoisotopic (exact) mass is 515 g/mol. The van der Waals surface area contributed by atoms with Crippen LogP contribution in [0, 0.1) is 13.8 Å². The van der Waals surface area contributed by atoms with Crippen LogP contribution in [-0.4, -0.2) is 43.9 Å². The van der Waals surface area contributed by atoms with Gasteiger partial charge in [-0.15, -0.1) is 11.3 Å². The smallest absolute Gasteiger partial charge is 0.345 e. The first kappa shape index (κ1) is 24.0. The summed E-state index contributed by atoms with van der Waals surface area (Å²) in [7, 11) is -4.17. The Morgan fingerprint density at radius 2 is 1.64 bits per heavy atom. The highest BCUT2D eigenvalue weighted by atomic mass is 35.5. The van der Waals surface area contributed by atoms with E-state index in [1.165, 1.54) is 15.6 Å². The van der Waals surface area contributed by atoms with E-state index in [0.29, 0.717) is 19.2 Å². The average Bonchev–Trinajstić information content (AvgIpc) is 3.23. The van der Waals surface area contributed by atoms with Gasteiger partial charge in [0.2, 0.25) is 10.0 Å². The molecule has 1 fully saturated rings. The van der Waals surface area contributed by atoms with E-state index >= 15 is 0 Å². The van der Waals surface area contributed by atoms with E-state index in [2.05, 4.69) is 18.2 Å². The molecule has 2 aromatic carbocycles. The Bertz CT molecular complexity index is 1260. The van der Waals surface area contributed by atoms with Crippen LogP contribution in [0.2, 0.25) is 5.02 Å². The topological polar surface area (TPSA) is 53.5 Å². The van der Waals surface area contributed by atoms with Crippen molar-refractivity contribution in [2.24, 2.45) is 0 Å². The predicted octanol–water partition coefficient (Wildman–Crippen LogP) is 5.61. The van der Waals surface area contributed by atoms with Crippen LogP contribution in [-0.2, 0) is 16.2 Å². The van der Waals surface area contributed by atoms with Gasteiger partial charge in [-0.3, -0.25) is 0 Å². The summed E-state index contributed by atoms with van der Waals surface area (Å²) in [6, 6.07) is 8.56. The molecule has 0 amide bonds. The number of piperazine rings is 1. The van der Waals surface area contributed by atoms with Gasteiger partial charge in [0.05, 0.1) is 16.3 Å². The fourth-order valence-electron chi connectivity index (χ4n) is 3.80. The van der Waals surface area contributed by atoms with Crippen LogP contribution >= 0.6 is 22.9 Å². The van der Waals surface area contributed by atoms with E-state index in [-0.39, 0.29) is 18.1 Å². The Morgan fingerprint density at radius 1 is 1.00 bits per heavy atom. The number of halogens is 4. The molecular formula is C22H21ClF3N3O2S2. The molecular weight excluding hydrogens is 495 g/mol. The molecule has 0 bridgehead atoms. The molecule has 0 saturated carbocycles. The average molecular weight is 516 g/mol. The van der Waals surface area contributed by atoms with Crippen LogP contribution in [0.3, 0.4) is 0 Å². The molecule has 4 rings (SSSR count). The predicted molar refractivity (Wildman–Crippen MR) is 124 cm³/mol. The molecule has 1 aliphatic heterocycles. The molecule has 0 radical (unpaired) electrons. The maximum Gasteiger partial charge on any atom is 0.416 e. The zero-order valence-corrected chi connectivity index (χ0v) is 20.2. The number of anilines is 1. The number of benzene rings is 2. The minimum atomic E-state index is -4.66. The minimum Gasteiger partial charge on any atom is -0.345 e. The molecule has 2 heterocycles. The number of aromatic nitrogens is 1. The van der Waals surface area contributed by atoms with Gasteiger partial charge in [0.15, 0.2) is 5.13 Å². The number of rotatable bonds is 4. The van der Waals surface area contributed by atoms with Crippen LogP contribution < -0.4 is 4.90 Å². The van der Waals surface area contributed by atoms with Crippen molar-refractivity contribution in [2.75, 3.05) is 31.1 Å². The van der Waals surface area contributed by atoms with Crippen molar-refractivity contribution in [3.8, 4) is 11.3 Å². The molecule has 0 unspecified atom stereocenters. The van der Waals surface area contributed by atoms with Gasteiger partial charge in [0, 0.05) is 37.1 Å². The Balaban J connectivity index is 1.50. The Morgan fingerprint density at radius 3 is 2.24 bits per heavy atom. The lowest BCUT2D eigenvalue weighted by molar-refractivity contribution is -0.137. The molecule has 33 heavy (non-hydrogen) atoms. The molecule has 0 atom stereocenters. The Hall–Kier alpha value is -2.14. The second-order valence-electron chi connectivity index (χ2n) is 7.93. The summed E-state index contributed by atoms with van der Waals surface area (Å²) in [4.78, 5) is 6.17. The number of nitrogens with zero attached hydrogens (tertiary/aromatic N) is 3. The quantitative estimate of drug-likeness (QED) is 0.453. The summed E-state index contributed by atoms with van der Waals surface area (Å²) < 4.78 is 66.4. The highest BCUT2D eigenvalue weighted by Crippen LogP contribution is 2.35. The number of hydrogen-bond donors (Lipinski definition) is 0. The van der Waals surface area contributed by atoms with Crippen LogP contribution in [0.5, 0.6) is 0 Å². The van der Waals surface area contributed by atoms with Crippen molar-refractivity contribution >= 4 is 38.1 Å². The van der Waals surface area contributed by atoms with Crippen molar-refractivity contribution in [3.63, 3.8) is 0 Å². The third kappa shape index (κ3) is 5.03. The molecule has 176 valence electrons. The van der Waals surface area contributed by atoms with Crippen molar-refractivity contribution < 1.29 is 21.6 Å². The van der Waals surface area contributed by atoms with E-state index < -0.39 is 26.7 Å². The molecule has 0 spiro atoms. The fraction of sp³-hybridized carbons (Fsp3) is 0.318. The standard InChI is InChI=1S/C22H21ClF3N3O2S2/c1-14-9-15(2)11-16(10-14)19-13-32-21(27-19)28-5-7-29(8-6-28)33(30,31)20-12-17(22(24,25)26)3-4-18(20)23/h3-4,9-13H,5-8H2,1-2H3. The molecule has 1 aliphatic rings. The molecule has 0 N–H and O–H groups in total. The highest BCUT2D eigenvalue weighted by Gasteiger charge is 2.35. The Kier molecular flexibility index (Phi) is 6.47. The Labute approximate surface area is 199 Å². The van der Waals surface area contributed by atoms with Crippen molar-refractivity contribution in [1.29, 1.82) is 0 Å². The molecule has 0 aliphatic carbocycles. The molecule has 1 saturated heterocycles. The van der Waals surface area contributed by atoms with Gasteiger partial charge < -0.3 is 4.90 Å². The zero-order valence-electron chi connectivity index (χ0n) is 17.9. The van der Waals surface area contributed by atoms with Gasteiger partial charge in [0.1, 0.15) is 4.90 Å². The van der Waals surface area contributed by atoms with E-state index in [1.807, 2.05) is 24.1 Å². The molecule has 11 heteroatoms. The summed E-state index contributed by atoms with van der Waals surface area (Å²) in [5.74, 6) is 0. The van der Waals surface area contributed by atoms with Crippen LogP contribution in [0.4, 0.5) is 18.3 Å². The van der Waals surface area contributed by atoms with Gasteiger partial charge in [-0.25, -0.2) is 13.4 Å². The summed E-state index contributed by atoms with van der Waals surface area (Å²) in [6.45, 7) is 5.03. The maximum atomic E-state index is 13.1. The van der Waals surface area contributed by atoms with Crippen LogP contribution in [0.1, 0.15) is 16.7 Å². The van der Waals surface area contributed by atoms with E-state index in [9.17, 15) is 21.6 Å². The van der Waals surface area contributed by atoms with Crippen LogP contribution in [0.15, 0.2) is 46.7 Å². The largest absolute Gasteiger partial charge is 0.416 e. The first-order chi connectivity index (χ1) is 15.4. The number of thiazole rings is 1. The first-order valence-electron chi connectivity index (χ1n) is 10.1. The minimum absolute atomic E-state index is 0.118. The first-order valence-corrected chi connectivity index (χ1v) is 12.8. The number of hydrogen-bond acceptors (Lipinski definition) is 5. The summed E-state index contributed by atoms with van der Waals surface area (Å²) >= 11 is 7.44. The fourth-order valence-corrected chi connectivity index (χ4v) is 6.61. The van der Waals surface area contributed by atoms with Crippen molar-refractivity contribution in [2.45, 2.75) is 24.9 Å². The lowest BCUT2D eigenvalue weighted by Gasteiger charge is -2.34. The van der Waals surface area contributed by atoms with E-state index in [0.717, 1.165) is 39.6 Å². The van der Waals surface area contributed by atoms with Crippen molar-refractivity contribution in [3.05, 3.63) is 63.5 Å². The lowest BCUT2D eigenvalue weighted by Crippen LogP contribution is -2.48. The lowest BCUT2D eigenvalue weighted by atomic mass is 10.1. The van der Waals surface area contributed by atoms with Gasteiger partial charge in [0.25, 0.3) is 0 Å². The van der Waals surface area contributed by atoms with E-state index in [4.69, 9.17) is 16.6 Å². The third-order valence-corrected chi connectivity index (χ3v) is 8.68. The summed E-state index contributed by atoms with van der Waals surface area (Å²) in [6.07, 6.45) is -4.66. The number of sulfonamides is 1. The van der Waals surface area contributed by atoms with Gasteiger partial charge in [-0.2, -0.15) is 17.5 Å². The SMILES string of the molecule is Cc1cc(C)cc(-c2csc(N3CCN(S(=O)(=O)c4cc(C(F)(F)F)ccc4Cl)CC3)n2)c1. The second-order valence-corrected chi connectivity index (χ2v) is 11.1. The molecule has 1 aromatic heterocycles. The normalized spacial score (nSPS) is 15.8. The third-order valence-electron chi connectivity index (χ3n) is 5.40. The maximum absolute atomic E-state index is 13.1. The van der Waals surface area contributed by atoms with Gasteiger partial charge >= 0.3 is 6.18 Å². The van der Waals surface area contributed by atoms with Gasteiger partial charge in [-0.1, -0.05) is 28.8 Å². The highest BCUT2D eigenvalue weighted by molar-refractivity contribution is 7.89. The summed E-state index contributed by atoms with van der Waals surface area (Å²) in [5, 5.41) is 2.51. The number of aryl methyl sites for hydroxylation is 2. The van der Waals surface area contributed by atoms with Crippen molar-refractivity contribution in [1.82, 2.24) is 9.29 Å². The van der Waals surface area contributed by atoms with E-state index in [1.54, 1.807) is 0 Å². The number of alkyl halides is 3. The molecule has 3 aromatic rings.